The van der Waals surface area contributed by atoms with Gasteiger partial charge in [-0.05, 0) is 30.2 Å². The summed E-state index contributed by atoms with van der Waals surface area (Å²) in [6, 6.07) is 2.74. The van der Waals surface area contributed by atoms with Gasteiger partial charge in [0.05, 0.1) is 5.56 Å². The zero-order valence-corrected chi connectivity index (χ0v) is 10.3. The summed E-state index contributed by atoms with van der Waals surface area (Å²) < 4.78 is 49.1. The van der Waals surface area contributed by atoms with Gasteiger partial charge in [0, 0.05) is 13.1 Å². The maximum atomic E-state index is 12.4. The highest BCUT2D eigenvalue weighted by molar-refractivity contribution is 5.73. The molecule has 0 heterocycles. The van der Waals surface area contributed by atoms with Gasteiger partial charge in [0.15, 0.2) is 0 Å². The van der Waals surface area contributed by atoms with Crippen molar-refractivity contribution in [2.24, 2.45) is 0 Å². The standard InChI is InChI=1S/C12H14F4N2O/c1-8-6-10(12(14,15)16)3-2-9(8)7-18-11(19)17-5-4-13/h2-3,6H,4-5,7H2,1H3,(H2,17,18,19). The number of nitrogens with one attached hydrogen (secondary N) is 2. The second-order valence-corrected chi connectivity index (χ2v) is 3.94. The quantitative estimate of drug-likeness (QED) is 0.817. The van der Waals surface area contributed by atoms with E-state index in [0.29, 0.717) is 11.1 Å². The number of carbonyl (C=O) groups is 1. The van der Waals surface area contributed by atoms with Crippen molar-refractivity contribution in [2.75, 3.05) is 13.2 Å². The van der Waals surface area contributed by atoms with Gasteiger partial charge in [-0.3, -0.25) is 0 Å². The van der Waals surface area contributed by atoms with Crippen LogP contribution >= 0.6 is 0 Å². The maximum absolute atomic E-state index is 12.4. The number of alkyl halides is 4. The fraction of sp³-hybridized carbons (Fsp3) is 0.417. The first-order chi connectivity index (χ1) is 8.84. The molecule has 0 spiro atoms. The Balaban J connectivity index is 2.63. The lowest BCUT2D eigenvalue weighted by molar-refractivity contribution is -0.137. The Morgan fingerprint density at radius 1 is 1.26 bits per heavy atom. The van der Waals surface area contributed by atoms with Crippen LogP contribution in [0.1, 0.15) is 16.7 Å². The number of urea groups is 1. The molecule has 0 aliphatic carbocycles. The molecule has 0 aliphatic heterocycles. The normalized spacial score (nSPS) is 11.2. The minimum atomic E-state index is -4.38. The van der Waals surface area contributed by atoms with Gasteiger partial charge in [-0.25, -0.2) is 9.18 Å². The van der Waals surface area contributed by atoms with Crippen LogP contribution in [0.2, 0.25) is 0 Å². The lowest BCUT2D eigenvalue weighted by atomic mass is 10.0. The van der Waals surface area contributed by atoms with Crippen molar-refractivity contribution in [3.63, 3.8) is 0 Å². The van der Waals surface area contributed by atoms with Gasteiger partial charge in [0.25, 0.3) is 0 Å². The highest BCUT2D eigenvalue weighted by Crippen LogP contribution is 2.30. The van der Waals surface area contributed by atoms with E-state index < -0.39 is 24.4 Å². The second-order valence-electron chi connectivity index (χ2n) is 3.94. The summed E-state index contributed by atoms with van der Waals surface area (Å²) in [7, 11) is 0. The van der Waals surface area contributed by atoms with E-state index in [2.05, 4.69) is 10.6 Å². The first kappa shape index (κ1) is 15.3. The highest BCUT2D eigenvalue weighted by atomic mass is 19.4. The van der Waals surface area contributed by atoms with Crippen molar-refractivity contribution in [2.45, 2.75) is 19.6 Å². The van der Waals surface area contributed by atoms with Gasteiger partial charge in [-0.15, -0.1) is 0 Å². The van der Waals surface area contributed by atoms with E-state index in [1.807, 2.05) is 0 Å². The van der Waals surface area contributed by atoms with Crippen LogP contribution in [0.5, 0.6) is 0 Å². The molecule has 3 nitrogen and oxygen atoms in total. The van der Waals surface area contributed by atoms with Crippen LogP contribution in [-0.4, -0.2) is 19.3 Å². The predicted molar refractivity (Wildman–Crippen MR) is 62.4 cm³/mol. The van der Waals surface area contributed by atoms with Crippen molar-refractivity contribution in [3.05, 3.63) is 34.9 Å². The molecule has 0 unspecified atom stereocenters. The smallest absolute Gasteiger partial charge is 0.336 e. The van der Waals surface area contributed by atoms with Crippen LogP contribution in [0.4, 0.5) is 22.4 Å². The maximum Gasteiger partial charge on any atom is 0.416 e. The van der Waals surface area contributed by atoms with Crippen LogP contribution in [-0.2, 0) is 12.7 Å². The van der Waals surface area contributed by atoms with Crippen LogP contribution in [0.15, 0.2) is 18.2 Å². The minimum absolute atomic E-state index is 0.0854. The van der Waals surface area contributed by atoms with Crippen LogP contribution in [0, 0.1) is 6.92 Å². The van der Waals surface area contributed by atoms with Crippen molar-refractivity contribution in [3.8, 4) is 0 Å². The minimum Gasteiger partial charge on any atom is -0.336 e. The summed E-state index contributed by atoms with van der Waals surface area (Å²) in [5, 5.41) is 4.69. The lowest BCUT2D eigenvalue weighted by Gasteiger charge is -2.12. The molecule has 1 aromatic carbocycles. The average Bonchev–Trinajstić information content (AvgIpc) is 2.33. The summed E-state index contributed by atoms with van der Waals surface area (Å²) in [5.74, 6) is 0. The van der Waals surface area contributed by atoms with Gasteiger partial charge in [-0.2, -0.15) is 13.2 Å². The summed E-state index contributed by atoms with van der Waals surface area (Å²) in [5.41, 5.74) is 0.277. The fourth-order valence-corrected chi connectivity index (χ4v) is 1.47. The third kappa shape index (κ3) is 4.76. The molecule has 1 aromatic rings. The Morgan fingerprint density at radius 2 is 1.95 bits per heavy atom. The van der Waals surface area contributed by atoms with E-state index in [1.165, 1.54) is 13.0 Å². The molecule has 2 N–H and O–H groups in total. The number of aryl methyl sites for hydroxylation is 1. The molecule has 0 fully saturated rings. The first-order valence-corrected chi connectivity index (χ1v) is 5.59. The van der Waals surface area contributed by atoms with Crippen LogP contribution < -0.4 is 10.6 Å². The van der Waals surface area contributed by atoms with Gasteiger partial charge in [0.2, 0.25) is 0 Å². The van der Waals surface area contributed by atoms with Crippen LogP contribution in [0.3, 0.4) is 0 Å². The fourth-order valence-electron chi connectivity index (χ4n) is 1.47. The third-order valence-electron chi connectivity index (χ3n) is 2.49. The highest BCUT2D eigenvalue weighted by Gasteiger charge is 2.30. The number of benzene rings is 1. The Bertz CT molecular complexity index is 446. The van der Waals surface area contributed by atoms with Gasteiger partial charge >= 0.3 is 12.2 Å². The average molecular weight is 278 g/mol. The largest absolute Gasteiger partial charge is 0.416 e. The molecule has 106 valence electrons. The summed E-state index contributed by atoms with van der Waals surface area (Å²) in [6.45, 7) is 0.846. The van der Waals surface area contributed by atoms with Crippen LogP contribution in [0.25, 0.3) is 0 Å². The van der Waals surface area contributed by atoms with Crippen molar-refractivity contribution in [1.82, 2.24) is 10.6 Å². The van der Waals surface area contributed by atoms with Gasteiger partial charge < -0.3 is 10.6 Å². The second kappa shape index (κ2) is 6.40. The SMILES string of the molecule is Cc1cc(C(F)(F)F)ccc1CNC(=O)NCCF. The van der Waals surface area contributed by atoms with E-state index in [9.17, 15) is 22.4 Å². The summed E-state index contributed by atoms with van der Waals surface area (Å²) in [6.07, 6.45) is -4.38. The number of hydrogen-bond donors (Lipinski definition) is 2. The zero-order chi connectivity index (χ0) is 14.5. The first-order valence-electron chi connectivity index (χ1n) is 5.59. The number of rotatable bonds is 4. The van der Waals surface area contributed by atoms with Crippen molar-refractivity contribution in [1.29, 1.82) is 0 Å². The van der Waals surface area contributed by atoms with E-state index in [0.717, 1.165) is 12.1 Å². The molecular formula is C12H14F4N2O. The molecule has 0 aromatic heterocycles. The predicted octanol–water partition coefficient (Wildman–Crippen LogP) is 2.78. The molecule has 1 rings (SSSR count). The number of amides is 2. The Morgan fingerprint density at radius 3 is 2.47 bits per heavy atom. The summed E-state index contributed by atoms with van der Waals surface area (Å²) in [4.78, 5) is 11.1. The zero-order valence-electron chi connectivity index (χ0n) is 10.3. The molecule has 0 saturated carbocycles. The number of halogens is 4. The van der Waals surface area contributed by atoms with E-state index >= 15 is 0 Å². The van der Waals surface area contributed by atoms with Gasteiger partial charge in [0.1, 0.15) is 6.67 Å². The molecule has 0 atom stereocenters. The molecule has 0 bridgehead atoms. The molecule has 2 amide bonds. The van der Waals surface area contributed by atoms with E-state index in [4.69, 9.17) is 0 Å². The third-order valence-corrected chi connectivity index (χ3v) is 2.49. The van der Waals surface area contributed by atoms with E-state index in [1.54, 1.807) is 0 Å². The van der Waals surface area contributed by atoms with Crippen molar-refractivity contribution < 1.29 is 22.4 Å². The monoisotopic (exact) mass is 278 g/mol. The van der Waals surface area contributed by atoms with Crippen molar-refractivity contribution >= 4 is 6.03 Å². The Kier molecular flexibility index (Phi) is 5.14. The van der Waals surface area contributed by atoms with E-state index in [-0.39, 0.29) is 13.1 Å². The number of hydrogen-bond acceptors (Lipinski definition) is 1. The molecule has 19 heavy (non-hydrogen) atoms. The van der Waals surface area contributed by atoms with Gasteiger partial charge in [-0.1, -0.05) is 6.07 Å². The number of carbonyl (C=O) groups excluding carboxylic acids is 1. The molecule has 7 heteroatoms. The molecule has 0 radical (unpaired) electrons. The molecule has 0 saturated heterocycles. The lowest BCUT2D eigenvalue weighted by Crippen LogP contribution is -2.36. The molecule has 0 aliphatic rings. The summed E-state index contributed by atoms with van der Waals surface area (Å²) >= 11 is 0. The molecular weight excluding hydrogens is 264 g/mol. The Hall–Kier alpha value is -1.79. The Labute approximate surface area is 108 Å². The topological polar surface area (TPSA) is 41.1 Å².